The van der Waals surface area contributed by atoms with Gasteiger partial charge in [-0.05, 0) is 35.4 Å². The first-order valence-corrected chi connectivity index (χ1v) is 8.18. The summed E-state index contributed by atoms with van der Waals surface area (Å²) in [5.41, 5.74) is 1.83. The average Bonchev–Trinajstić information content (AvgIpc) is 2.67. The van der Waals surface area contributed by atoms with Crippen LogP contribution in [0.3, 0.4) is 0 Å². The minimum absolute atomic E-state index is 0.00455. The first-order valence-electron chi connectivity index (χ1n) is 8.18. The minimum atomic E-state index is -0.00455. The second-order valence-corrected chi connectivity index (χ2v) is 5.81. The molecule has 0 bridgehead atoms. The van der Waals surface area contributed by atoms with Gasteiger partial charge in [0, 0.05) is 13.6 Å². The van der Waals surface area contributed by atoms with Gasteiger partial charge in [-0.25, -0.2) is 0 Å². The fourth-order valence-electron chi connectivity index (χ4n) is 2.64. The predicted molar refractivity (Wildman–Crippen MR) is 99.3 cm³/mol. The van der Waals surface area contributed by atoms with Gasteiger partial charge in [0.05, 0.1) is 34.9 Å². The van der Waals surface area contributed by atoms with E-state index in [0.29, 0.717) is 23.8 Å². The van der Waals surface area contributed by atoms with Crippen molar-refractivity contribution in [2.24, 2.45) is 0 Å². The molecule has 0 spiro atoms. The van der Waals surface area contributed by atoms with Crippen LogP contribution in [0.5, 0.6) is 23.0 Å². The van der Waals surface area contributed by atoms with E-state index in [-0.39, 0.29) is 12.3 Å². The molecule has 6 heteroatoms. The SMILES string of the molecule is COc1ccc(CN(C)C(=O)Cc2cc(OC)c(OC)c(OC)c2)cc1. The standard InChI is InChI=1S/C20H25NO5/c1-21(13-14-6-8-16(23-2)9-7-14)19(22)12-15-10-17(24-3)20(26-5)18(11-15)25-4/h6-11H,12-13H2,1-5H3. The summed E-state index contributed by atoms with van der Waals surface area (Å²) in [6.07, 6.45) is 0.239. The van der Waals surface area contributed by atoms with Crippen LogP contribution in [-0.4, -0.2) is 46.3 Å². The summed E-state index contributed by atoms with van der Waals surface area (Å²) < 4.78 is 21.1. The third-order valence-corrected chi connectivity index (χ3v) is 4.08. The molecule has 0 unspecified atom stereocenters. The second-order valence-electron chi connectivity index (χ2n) is 5.81. The summed E-state index contributed by atoms with van der Waals surface area (Å²) >= 11 is 0. The predicted octanol–water partition coefficient (Wildman–Crippen LogP) is 2.92. The fraction of sp³-hybridized carbons (Fsp3) is 0.350. The number of likely N-dealkylation sites (N-methyl/N-ethyl adjacent to an activating group) is 1. The lowest BCUT2D eigenvalue weighted by Gasteiger charge is -2.19. The molecule has 0 atom stereocenters. The van der Waals surface area contributed by atoms with E-state index < -0.39 is 0 Å². The zero-order valence-electron chi connectivity index (χ0n) is 15.9. The van der Waals surface area contributed by atoms with Gasteiger partial charge in [-0.3, -0.25) is 4.79 Å². The maximum atomic E-state index is 12.6. The molecule has 0 radical (unpaired) electrons. The van der Waals surface area contributed by atoms with Crippen LogP contribution in [0.4, 0.5) is 0 Å². The van der Waals surface area contributed by atoms with Crippen LogP contribution in [0.25, 0.3) is 0 Å². The molecule has 0 heterocycles. The van der Waals surface area contributed by atoms with Crippen LogP contribution in [0, 0.1) is 0 Å². The highest BCUT2D eigenvalue weighted by molar-refractivity contribution is 5.79. The van der Waals surface area contributed by atoms with Gasteiger partial charge < -0.3 is 23.8 Å². The Hall–Kier alpha value is -2.89. The Morgan fingerprint density at radius 2 is 1.42 bits per heavy atom. The molecule has 0 N–H and O–H groups in total. The Balaban J connectivity index is 2.10. The van der Waals surface area contributed by atoms with Gasteiger partial charge in [0.15, 0.2) is 11.5 Å². The molecule has 0 saturated heterocycles. The molecule has 26 heavy (non-hydrogen) atoms. The molecule has 2 rings (SSSR count). The van der Waals surface area contributed by atoms with Crippen molar-refractivity contribution in [2.75, 3.05) is 35.5 Å². The number of amides is 1. The summed E-state index contributed by atoms with van der Waals surface area (Å²) in [6, 6.07) is 11.2. The first-order chi connectivity index (χ1) is 12.5. The topological polar surface area (TPSA) is 57.2 Å². The van der Waals surface area contributed by atoms with E-state index in [1.54, 1.807) is 52.5 Å². The highest BCUT2D eigenvalue weighted by atomic mass is 16.5. The Kier molecular flexibility index (Phi) is 6.72. The van der Waals surface area contributed by atoms with Crippen molar-refractivity contribution in [2.45, 2.75) is 13.0 Å². The maximum absolute atomic E-state index is 12.6. The monoisotopic (exact) mass is 359 g/mol. The van der Waals surface area contributed by atoms with E-state index in [1.165, 1.54) is 0 Å². The Morgan fingerprint density at radius 1 is 0.846 bits per heavy atom. The molecule has 0 fully saturated rings. The van der Waals surface area contributed by atoms with Gasteiger partial charge in [-0.1, -0.05) is 12.1 Å². The molecule has 6 nitrogen and oxygen atoms in total. The number of carbonyl (C=O) groups is 1. The fourth-order valence-corrected chi connectivity index (χ4v) is 2.64. The molecule has 2 aromatic carbocycles. The van der Waals surface area contributed by atoms with Gasteiger partial charge in [-0.2, -0.15) is 0 Å². The minimum Gasteiger partial charge on any atom is -0.497 e. The molecule has 0 aliphatic carbocycles. The molecular formula is C20H25NO5. The third kappa shape index (κ3) is 4.59. The Morgan fingerprint density at radius 3 is 1.88 bits per heavy atom. The lowest BCUT2D eigenvalue weighted by molar-refractivity contribution is -0.129. The number of ether oxygens (including phenoxy) is 4. The van der Waals surface area contributed by atoms with Crippen molar-refractivity contribution < 1.29 is 23.7 Å². The average molecular weight is 359 g/mol. The summed E-state index contributed by atoms with van der Waals surface area (Å²) in [6.45, 7) is 0.521. The molecule has 0 saturated carbocycles. The van der Waals surface area contributed by atoms with Gasteiger partial charge in [0.1, 0.15) is 5.75 Å². The lowest BCUT2D eigenvalue weighted by Crippen LogP contribution is -2.27. The molecule has 0 aromatic heterocycles. The van der Waals surface area contributed by atoms with Crippen molar-refractivity contribution in [1.82, 2.24) is 4.90 Å². The highest BCUT2D eigenvalue weighted by Gasteiger charge is 2.16. The number of hydrogen-bond acceptors (Lipinski definition) is 5. The van der Waals surface area contributed by atoms with Crippen molar-refractivity contribution in [3.63, 3.8) is 0 Å². The van der Waals surface area contributed by atoms with Crippen LogP contribution >= 0.6 is 0 Å². The van der Waals surface area contributed by atoms with E-state index in [2.05, 4.69) is 0 Å². The van der Waals surface area contributed by atoms with Crippen LogP contribution in [0.15, 0.2) is 36.4 Å². The normalized spacial score (nSPS) is 10.2. The van der Waals surface area contributed by atoms with Gasteiger partial charge in [0.25, 0.3) is 0 Å². The summed E-state index contributed by atoms with van der Waals surface area (Å²) in [5.74, 6) is 2.37. The van der Waals surface area contributed by atoms with Gasteiger partial charge in [-0.15, -0.1) is 0 Å². The van der Waals surface area contributed by atoms with E-state index >= 15 is 0 Å². The van der Waals surface area contributed by atoms with Crippen LogP contribution < -0.4 is 18.9 Å². The van der Waals surface area contributed by atoms with E-state index in [1.807, 2.05) is 24.3 Å². The van der Waals surface area contributed by atoms with Crippen molar-refractivity contribution in [1.29, 1.82) is 0 Å². The maximum Gasteiger partial charge on any atom is 0.227 e. The largest absolute Gasteiger partial charge is 0.497 e. The zero-order valence-corrected chi connectivity index (χ0v) is 15.9. The van der Waals surface area contributed by atoms with E-state index in [0.717, 1.165) is 16.9 Å². The number of hydrogen-bond donors (Lipinski definition) is 0. The Labute approximate surface area is 154 Å². The molecule has 2 aromatic rings. The first kappa shape index (κ1) is 19.4. The third-order valence-electron chi connectivity index (χ3n) is 4.08. The lowest BCUT2D eigenvalue weighted by atomic mass is 10.1. The van der Waals surface area contributed by atoms with Gasteiger partial charge >= 0.3 is 0 Å². The number of methoxy groups -OCH3 is 4. The molecular weight excluding hydrogens is 334 g/mol. The summed E-state index contributed by atoms with van der Waals surface area (Å²) in [4.78, 5) is 14.3. The van der Waals surface area contributed by atoms with Crippen molar-refractivity contribution in [3.8, 4) is 23.0 Å². The number of rotatable bonds is 8. The van der Waals surface area contributed by atoms with Gasteiger partial charge in [0.2, 0.25) is 11.7 Å². The molecule has 1 amide bonds. The number of benzene rings is 2. The van der Waals surface area contributed by atoms with Crippen LogP contribution in [0.2, 0.25) is 0 Å². The van der Waals surface area contributed by atoms with E-state index in [4.69, 9.17) is 18.9 Å². The van der Waals surface area contributed by atoms with Crippen molar-refractivity contribution >= 4 is 5.91 Å². The Bertz CT molecular complexity index is 717. The smallest absolute Gasteiger partial charge is 0.227 e. The molecule has 140 valence electrons. The van der Waals surface area contributed by atoms with E-state index in [9.17, 15) is 4.79 Å². The second kappa shape index (κ2) is 8.99. The van der Waals surface area contributed by atoms with Crippen LogP contribution in [-0.2, 0) is 17.8 Å². The van der Waals surface area contributed by atoms with Crippen LogP contribution in [0.1, 0.15) is 11.1 Å². The summed E-state index contributed by atoms with van der Waals surface area (Å²) in [7, 11) is 8.07. The number of nitrogens with zero attached hydrogens (tertiary/aromatic N) is 1. The number of carbonyl (C=O) groups excluding carboxylic acids is 1. The summed E-state index contributed by atoms with van der Waals surface area (Å²) in [5, 5.41) is 0. The van der Waals surface area contributed by atoms with Crippen molar-refractivity contribution in [3.05, 3.63) is 47.5 Å². The zero-order chi connectivity index (χ0) is 19.1. The molecule has 0 aliphatic rings. The quantitative estimate of drug-likeness (QED) is 0.725. The highest BCUT2D eigenvalue weighted by Crippen LogP contribution is 2.38. The molecule has 0 aliphatic heterocycles.